The first-order valence-electron chi connectivity index (χ1n) is 3.11. The standard InChI is InChI=1S/C6H11.3H2O.Sn/c1-2-4-6-5-3-1;;;;/h1H,2-6H2;3*1H2;/q;;;;+3/p-3. The Kier molecular flexibility index (Phi) is 16.4. The molecule has 0 unspecified atom stereocenters. The van der Waals surface area contributed by atoms with Gasteiger partial charge in [-0.3, -0.25) is 0 Å². The SMILES string of the molecule is [OH-].[OH-].[OH-].[Sn+3][CH]1CCCCC1. The van der Waals surface area contributed by atoms with E-state index in [0.29, 0.717) is 0 Å². The third-order valence-electron chi connectivity index (χ3n) is 1.61. The van der Waals surface area contributed by atoms with Crippen LogP contribution in [0.5, 0.6) is 0 Å². The summed E-state index contributed by atoms with van der Waals surface area (Å²) < 4.78 is 1.13. The molecule has 0 radical (unpaired) electrons. The van der Waals surface area contributed by atoms with Gasteiger partial charge in [-0.15, -0.1) is 0 Å². The normalized spacial score (nSPS) is 17.8. The number of hydrogen-bond donors (Lipinski definition) is 0. The molecule has 3 nitrogen and oxygen atoms in total. The Balaban J connectivity index is -0.000000163. The predicted molar refractivity (Wildman–Crippen MR) is 38.4 cm³/mol. The van der Waals surface area contributed by atoms with Gasteiger partial charge in [0.25, 0.3) is 0 Å². The second-order valence-corrected chi connectivity index (χ2v) is 4.67. The van der Waals surface area contributed by atoms with Crippen LogP contribution in [-0.4, -0.2) is 39.0 Å². The average molecular weight is 253 g/mol. The summed E-state index contributed by atoms with van der Waals surface area (Å²) in [6.07, 6.45) is 7.58. The second kappa shape index (κ2) is 9.68. The molecule has 1 aliphatic rings. The van der Waals surface area contributed by atoms with Gasteiger partial charge in [0.2, 0.25) is 0 Å². The van der Waals surface area contributed by atoms with Crippen molar-refractivity contribution in [3.05, 3.63) is 0 Å². The fourth-order valence-electron chi connectivity index (χ4n) is 1.10. The van der Waals surface area contributed by atoms with Crippen LogP contribution in [0.1, 0.15) is 32.1 Å². The van der Waals surface area contributed by atoms with Crippen molar-refractivity contribution < 1.29 is 16.4 Å². The maximum atomic E-state index is 1.77. The average Bonchev–Trinajstić information content (AvgIpc) is 1.69. The van der Waals surface area contributed by atoms with Crippen LogP contribution in [0, 0.1) is 0 Å². The van der Waals surface area contributed by atoms with E-state index in [-0.39, 0.29) is 16.4 Å². The first kappa shape index (κ1) is 17.0. The van der Waals surface area contributed by atoms with E-state index in [0.717, 1.165) is 3.93 Å². The van der Waals surface area contributed by atoms with E-state index in [4.69, 9.17) is 0 Å². The number of rotatable bonds is 0. The Bertz CT molecular complexity index is 55.0. The third kappa shape index (κ3) is 6.79. The van der Waals surface area contributed by atoms with Gasteiger partial charge >= 0.3 is 58.6 Å². The molecule has 0 atom stereocenters. The van der Waals surface area contributed by atoms with Crippen molar-refractivity contribution in [1.29, 1.82) is 0 Å². The van der Waals surface area contributed by atoms with Crippen molar-refractivity contribution in [3.63, 3.8) is 0 Å². The third-order valence-corrected chi connectivity index (χ3v) is 3.25. The minimum atomic E-state index is 0. The molecule has 1 fully saturated rings. The quantitative estimate of drug-likeness (QED) is 0.610. The van der Waals surface area contributed by atoms with Crippen LogP contribution in [0.2, 0.25) is 3.93 Å². The molecule has 0 aromatic rings. The van der Waals surface area contributed by atoms with Crippen LogP contribution in [0.3, 0.4) is 0 Å². The van der Waals surface area contributed by atoms with Gasteiger partial charge in [0, 0.05) is 0 Å². The molecule has 60 valence electrons. The molecule has 0 spiro atoms. The van der Waals surface area contributed by atoms with E-state index in [1.807, 2.05) is 0 Å². The molecule has 3 N–H and O–H groups in total. The first-order chi connectivity index (χ1) is 3.39. The van der Waals surface area contributed by atoms with Gasteiger partial charge in [-0.1, -0.05) is 0 Å². The molecule has 1 aliphatic carbocycles. The zero-order valence-corrected chi connectivity index (χ0v) is 8.81. The van der Waals surface area contributed by atoms with Crippen molar-refractivity contribution in [2.75, 3.05) is 0 Å². The summed E-state index contributed by atoms with van der Waals surface area (Å²) in [4.78, 5) is 0. The Labute approximate surface area is 75.2 Å². The Morgan fingerprint density at radius 2 is 1.20 bits per heavy atom. The van der Waals surface area contributed by atoms with Gasteiger partial charge in [0.1, 0.15) is 0 Å². The van der Waals surface area contributed by atoms with E-state index >= 15 is 0 Å². The first-order valence-corrected chi connectivity index (χ1v) is 4.75. The van der Waals surface area contributed by atoms with Crippen molar-refractivity contribution in [2.24, 2.45) is 0 Å². The zero-order valence-electron chi connectivity index (χ0n) is 5.95. The van der Waals surface area contributed by atoms with Crippen LogP contribution in [-0.2, 0) is 0 Å². The molecular weight excluding hydrogens is 239 g/mol. The van der Waals surface area contributed by atoms with Crippen molar-refractivity contribution in [3.8, 4) is 0 Å². The predicted octanol–water partition coefficient (Wildman–Crippen LogP) is 1.38. The minimum absolute atomic E-state index is 0. The van der Waals surface area contributed by atoms with Crippen molar-refractivity contribution in [2.45, 2.75) is 36.0 Å². The molecule has 4 heteroatoms. The van der Waals surface area contributed by atoms with Crippen molar-refractivity contribution >= 4 is 22.5 Å². The Hall–Kier alpha value is 0.679. The van der Waals surface area contributed by atoms with Gasteiger partial charge < -0.3 is 16.4 Å². The molecule has 10 heavy (non-hydrogen) atoms. The second-order valence-electron chi connectivity index (χ2n) is 2.33. The van der Waals surface area contributed by atoms with Gasteiger partial charge in [0.15, 0.2) is 0 Å². The molecular formula is C6H14O3Sn. The van der Waals surface area contributed by atoms with Crippen LogP contribution in [0.25, 0.3) is 0 Å². The molecule has 0 aromatic heterocycles. The topological polar surface area (TPSA) is 90.0 Å². The monoisotopic (exact) mass is 254 g/mol. The summed E-state index contributed by atoms with van der Waals surface area (Å²) in [6, 6.07) is 0. The summed E-state index contributed by atoms with van der Waals surface area (Å²) >= 11 is 1.77. The van der Waals surface area contributed by atoms with Crippen LogP contribution in [0.4, 0.5) is 0 Å². The van der Waals surface area contributed by atoms with Gasteiger partial charge in [-0.25, -0.2) is 0 Å². The zero-order chi connectivity index (χ0) is 5.11. The fraction of sp³-hybridized carbons (Fsp3) is 1.00. The molecule has 0 heterocycles. The molecule has 0 bridgehead atoms. The van der Waals surface area contributed by atoms with E-state index in [1.54, 1.807) is 22.5 Å². The van der Waals surface area contributed by atoms with Crippen LogP contribution in [0.15, 0.2) is 0 Å². The van der Waals surface area contributed by atoms with Gasteiger partial charge in [-0.2, -0.15) is 0 Å². The van der Waals surface area contributed by atoms with Gasteiger partial charge in [-0.05, 0) is 0 Å². The Morgan fingerprint density at radius 1 is 0.800 bits per heavy atom. The summed E-state index contributed by atoms with van der Waals surface area (Å²) in [5.74, 6) is 0. The molecule has 1 rings (SSSR count). The van der Waals surface area contributed by atoms with E-state index < -0.39 is 0 Å². The van der Waals surface area contributed by atoms with Crippen LogP contribution >= 0.6 is 0 Å². The molecule has 0 amide bonds. The van der Waals surface area contributed by atoms with E-state index in [1.165, 1.54) is 32.1 Å². The van der Waals surface area contributed by atoms with E-state index in [9.17, 15) is 0 Å². The maximum absolute atomic E-state index is 1.77. The molecule has 0 aliphatic heterocycles. The molecule has 1 saturated carbocycles. The van der Waals surface area contributed by atoms with E-state index in [2.05, 4.69) is 0 Å². The van der Waals surface area contributed by atoms with Crippen molar-refractivity contribution in [1.82, 2.24) is 0 Å². The Morgan fingerprint density at radius 3 is 1.40 bits per heavy atom. The summed E-state index contributed by atoms with van der Waals surface area (Å²) in [5, 5.41) is 0. The van der Waals surface area contributed by atoms with Gasteiger partial charge in [0.05, 0.1) is 0 Å². The molecule has 0 saturated heterocycles. The molecule has 0 aromatic carbocycles. The summed E-state index contributed by atoms with van der Waals surface area (Å²) in [6.45, 7) is 0. The van der Waals surface area contributed by atoms with Crippen LogP contribution < -0.4 is 0 Å². The fourth-order valence-corrected chi connectivity index (χ4v) is 2.27. The number of hydrogen-bond acceptors (Lipinski definition) is 3. The summed E-state index contributed by atoms with van der Waals surface area (Å²) in [7, 11) is 0. The summed E-state index contributed by atoms with van der Waals surface area (Å²) in [5.41, 5.74) is 0.